The number of hydrogen-bond donors (Lipinski definition) is 0. The molecule has 0 aliphatic heterocycles. The number of carbonyl (C=O) groups is 1. The van der Waals surface area contributed by atoms with Crippen molar-refractivity contribution in [1.29, 1.82) is 0 Å². The normalized spacial score (nSPS) is 29.5. The molecule has 0 aromatic heterocycles. The second-order valence-corrected chi connectivity index (χ2v) is 10.7. The van der Waals surface area contributed by atoms with Gasteiger partial charge < -0.3 is 23.7 Å². The van der Waals surface area contributed by atoms with Crippen molar-refractivity contribution in [2.45, 2.75) is 142 Å². The zero-order chi connectivity index (χ0) is 23.1. The second-order valence-electron chi connectivity index (χ2n) is 10.7. The van der Waals surface area contributed by atoms with Crippen molar-refractivity contribution in [3.8, 4) is 0 Å². The minimum Gasteiger partial charge on any atom is -0.465 e. The summed E-state index contributed by atoms with van der Waals surface area (Å²) in [6.07, 6.45) is 11.7. The van der Waals surface area contributed by atoms with Gasteiger partial charge in [0.05, 0.1) is 36.4 Å². The summed E-state index contributed by atoms with van der Waals surface area (Å²) in [5.74, 6) is -0.0405. The lowest BCUT2D eigenvalue weighted by molar-refractivity contribution is -0.243. The average Bonchev–Trinajstić information content (AvgIpc) is 3.51. The molecule has 5 atom stereocenters. The van der Waals surface area contributed by atoms with Crippen LogP contribution in [0.25, 0.3) is 0 Å². The Morgan fingerprint density at radius 3 is 1.88 bits per heavy atom. The minimum atomic E-state index is -0.465. The Bertz CT molecular complexity index is 567. The Morgan fingerprint density at radius 1 is 0.812 bits per heavy atom. The van der Waals surface area contributed by atoms with Crippen molar-refractivity contribution >= 4 is 5.97 Å². The van der Waals surface area contributed by atoms with E-state index in [9.17, 15) is 4.79 Å². The number of carbonyl (C=O) groups excluding carboxylic acids is 1. The van der Waals surface area contributed by atoms with Gasteiger partial charge in [-0.3, -0.25) is 4.79 Å². The molecule has 0 spiro atoms. The highest BCUT2D eigenvalue weighted by Gasteiger charge is 2.42. The summed E-state index contributed by atoms with van der Waals surface area (Å²) < 4.78 is 30.8. The maximum Gasteiger partial charge on any atom is 0.311 e. The molecule has 5 unspecified atom stereocenters. The molecule has 3 saturated carbocycles. The van der Waals surface area contributed by atoms with E-state index in [-0.39, 0.29) is 42.8 Å². The van der Waals surface area contributed by atoms with Crippen LogP contribution in [0.1, 0.15) is 105 Å². The fraction of sp³-hybridized carbons (Fsp3) is 0.962. The third-order valence-corrected chi connectivity index (χ3v) is 7.61. The summed E-state index contributed by atoms with van der Waals surface area (Å²) in [6.45, 7) is 10.2. The van der Waals surface area contributed by atoms with Crippen molar-refractivity contribution in [2.24, 2.45) is 11.3 Å². The molecule has 6 heteroatoms. The number of esters is 1. The molecule has 0 radical (unpaired) electrons. The Morgan fingerprint density at radius 2 is 1.34 bits per heavy atom. The van der Waals surface area contributed by atoms with Crippen LogP contribution in [0.5, 0.6) is 0 Å². The lowest BCUT2D eigenvalue weighted by Gasteiger charge is -2.31. The fourth-order valence-electron chi connectivity index (χ4n) is 5.18. The van der Waals surface area contributed by atoms with E-state index < -0.39 is 5.41 Å². The maximum atomic E-state index is 12.5. The molecule has 186 valence electrons. The van der Waals surface area contributed by atoms with E-state index in [1.807, 2.05) is 34.6 Å². The molecule has 0 saturated heterocycles. The molecule has 3 rings (SSSR count). The lowest BCUT2D eigenvalue weighted by Crippen LogP contribution is -2.40. The van der Waals surface area contributed by atoms with Crippen LogP contribution >= 0.6 is 0 Å². The van der Waals surface area contributed by atoms with Crippen LogP contribution in [-0.4, -0.2) is 49.6 Å². The maximum absolute atomic E-state index is 12.5. The predicted octanol–water partition coefficient (Wildman–Crippen LogP) is 5.76. The first-order chi connectivity index (χ1) is 15.3. The summed E-state index contributed by atoms with van der Waals surface area (Å²) in [4.78, 5) is 12.5. The van der Waals surface area contributed by atoms with Crippen molar-refractivity contribution in [1.82, 2.24) is 0 Å². The first-order valence-corrected chi connectivity index (χ1v) is 13.1. The van der Waals surface area contributed by atoms with E-state index >= 15 is 0 Å². The first-order valence-electron chi connectivity index (χ1n) is 13.1. The zero-order valence-corrected chi connectivity index (χ0v) is 21.0. The highest BCUT2D eigenvalue weighted by atomic mass is 16.7. The van der Waals surface area contributed by atoms with Gasteiger partial charge in [-0.1, -0.05) is 32.6 Å². The van der Waals surface area contributed by atoms with E-state index in [1.165, 1.54) is 25.7 Å². The van der Waals surface area contributed by atoms with Crippen LogP contribution in [0, 0.1) is 11.3 Å². The van der Waals surface area contributed by atoms with Gasteiger partial charge in [-0.05, 0) is 72.6 Å². The summed E-state index contributed by atoms with van der Waals surface area (Å²) in [5, 5.41) is 0. The van der Waals surface area contributed by atoms with Crippen molar-refractivity contribution < 1.29 is 28.5 Å². The van der Waals surface area contributed by atoms with Gasteiger partial charge in [0.1, 0.15) is 0 Å². The molecule has 3 aliphatic rings. The lowest BCUT2D eigenvalue weighted by atomic mass is 9.90. The Kier molecular flexibility index (Phi) is 9.84. The zero-order valence-electron chi connectivity index (χ0n) is 21.0. The molecule has 6 nitrogen and oxygen atoms in total. The topological polar surface area (TPSA) is 63.2 Å². The SMILES string of the molecule is CCC(C)(C)C(=O)OCC1CCC(OC(C)OC2CCCC2)C1OC(C)OC1CCCC1. The average molecular weight is 455 g/mol. The Balaban J connectivity index is 1.57. The van der Waals surface area contributed by atoms with Gasteiger partial charge in [-0.2, -0.15) is 0 Å². The number of rotatable bonds is 12. The standard InChI is InChI=1S/C26H46O6/c1-6-26(4,5)25(27)28-17-20-15-16-23(31-18(2)29-21-11-7-8-12-21)24(20)32-19(3)30-22-13-9-10-14-22/h18-24H,6-17H2,1-5H3. The monoisotopic (exact) mass is 454 g/mol. The van der Waals surface area contributed by atoms with Crippen LogP contribution < -0.4 is 0 Å². The molecule has 0 amide bonds. The second kappa shape index (κ2) is 12.1. The summed E-state index contributed by atoms with van der Waals surface area (Å²) in [7, 11) is 0. The molecule has 32 heavy (non-hydrogen) atoms. The van der Waals surface area contributed by atoms with E-state index in [0.717, 1.165) is 44.9 Å². The van der Waals surface area contributed by atoms with Gasteiger partial charge in [0, 0.05) is 5.92 Å². The molecule has 0 aromatic rings. The first kappa shape index (κ1) is 25.9. The fourth-order valence-corrected chi connectivity index (χ4v) is 5.18. The van der Waals surface area contributed by atoms with E-state index in [2.05, 4.69) is 0 Å². The van der Waals surface area contributed by atoms with Gasteiger partial charge in [0.15, 0.2) is 12.6 Å². The van der Waals surface area contributed by atoms with Gasteiger partial charge in [0.2, 0.25) is 0 Å². The van der Waals surface area contributed by atoms with Crippen molar-refractivity contribution in [3.05, 3.63) is 0 Å². The summed E-state index contributed by atoms with van der Waals surface area (Å²) >= 11 is 0. The van der Waals surface area contributed by atoms with E-state index in [4.69, 9.17) is 23.7 Å². The summed E-state index contributed by atoms with van der Waals surface area (Å²) in [6, 6.07) is 0. The molecular weight excluding hydrogens is 408 g/mol. The number of ether oxygens (including phenoxy) is 5. The van der Waals surface area contributed by atoms with Crippen LogP contribution in [0.3, 0.4) is 0 Å². The van der Waals surface area contributed by atoms with E-state index in [0.29, 0.717) is 12.7 Å². The third-order valence-electron chi connectivity index (χ3n) is 7.61. The molecule has 3 fully saturated rings. The highest BCUT2D eigenvalue weighted by molar-refractivity contribution is 5.75. The molecule has 0 heterocycles. The molecule has 3 aliphatic carbocycles. The predicted molar refractivity (Wildman–Crippen MR) is 123 cm³/mol. The Labute approximate surface area is 195 Å². The smallest absolute Gasteiger partial charge is 0.311 e. The van der Waals surface area contributed by atoms with Gasteiger partial charge >= 0.3 is 5.97 Å². The Hall–Kier alpha value is -0.690. The van der Waals surface area contributed by atoms with Crippen molar-refractivity contribution in [2.75, 3.05) is 6.61 Å². The molecule has 0 aromatic carbocycles. The quantitative estimate of drug-likeness (QED) is 0.276. The largest absolute Gasteiger partial charge is 0.465 e. The van der Waals surface area contributed by atoms with Crippen LogP contribution in [0.2, 0.25) is 0 Å². The van der Waals surface area contributed by atoms with Crippen molar-refractivity contribution in [3.63, 3.8) is 0 Å². The summed E-state index contributed by atoms with van der Waals surface area (Å²) in [5.41, 5.74) is -0.465. The third kappa shape index (κ3) is 7.41. The number of hydrogen-bond acceptors (Lipinski definition) is 6. The van der Waals surface area contributed by atoms with Crippen LogP contribution in [0.4, 0.5) is 0 Å². The highest BCUT2D eigenvalue weighted by Crippen LogP contribution is 2.35. The van der Waals surface area contributed by atoms with Crippen LogP contribution in [0.15, 0.2) is 0 Å². The van der Waals surface area contributed by atoms with Gasteiger partial charge in [-0.15, -0.1) is 0 Å². The molecule has 0 N–H and O–H groups in total. The van der Waals surface area contributed by atoms with E-state index in [1.54, 1.807) is 0 Å². The molecule has 0 bridgehead atoms. The van der Waals surface area contributed by atoms with Crippen LogP contribution in [-0.2, 0) is 28.5 Å². The van der Waals surface area contributed by atoms with Gasteiger partial charge in [0.25, 0.3) is 0 Å². The molecular formula is C26H46O6. The van der Waals surface area contributed by atoms with Gasteiger partial charge in [-0.25, -0.2) is 0 Å². The minimum absolute atomic E-state index is 0.0797.